The van der Waals surface area contributed by atoms with Gasteiger partial charge in [0.05, 0.1) is 17.2 Å². The number of hydrogen-bond donors (Lipinski definition) is 2. The molecule has 0 bridgehead atoms. The highest BCUT2D eigenvalue weighted by Gasteiger charge is 2.37. The molecule has 0 aromatic carbocycles. The van der Waals surface area contributed by atoms with Gasteiger partial charge in [-0.15, -0.1) is 0 Å². The number of anilines is 1. The zero-order valence-electron chi connectivity index (χ0n) is 11.3. The van der Waals surface area contributed by atoms with E-state index in [1.54, 1.807) is 6.20 Å². The van der Waals surface area contributed by atoms with Gasteiger partial charge in [0.25, 0.3) is 0 Å². The lowest BCUT2D eigenvalue weighted by molar-refractivity contribution is 0.0874. The second kappa shape index (κ2) is 6.75. The molecule has 0 amide bonds. The summed E-state index contributed by atoms with van der Waals surface area (Å²) in [5.74, 6) is 3.47. The van der Waals surface area contributed by atoms with E-state index in [0.29, 0.717) is 11.4 Å². The van der Waals surface area contributed by atoms with Crippen molar-refractivity contribution in [2.75, 3.05) is 5.32 Å². The van der Waals surface area contributed by atoms with Gasteiger partial charge in [0.15, 0.2) is 0 Å². The number of rotatable bonds is 3. The normalized spacial score (nSPS) is 18.8. The zero-order valence-corrected chi connectivity index (χ0v) is 13.6. The summed E-state index contributed by atoms with van der Waals surface area (Å²) in [6.07, 6.45) is 6.33. The molecule has 1 saturated carbocycles. The van der Waals surface area contributed by atoms with Crippen molar-refractivity contribution in [3.63, 3.8) is 0 Å². The van der Waals surface area contributed by atoms with Gasteiger partial charge in [-0.1, -0.05) is 19.3 Å². The van der Waals surface area contributed by atoms with E-state index in [-0.39, 0.29) is 10.8 Å². The molecule has 6 heteroatoms. The number of aliphatic hydroxyl groups excluding tert-OH is 1. The van der Waals surface area contributed by atoms with Gasteiger partial charge in [0.2, 0.25) is 5.28 Å². The van der Waals surface area contributed by atoms with Crippen LogP contribution in [0.5, 0.6) is 0 Å². The van der Waals surface area contributed by atoms with E-state index >= 15 is 0 Å². The van der Waals surface area contributed by atoms with Gasteiger partial charge >= 0.3 is 0 Å². The maximum atomic E-state index is 10.2. The van der Waals surface area contributed by atoms with Crippen LogP contribution in [0, 0.1) is 10.8 Å². The monoisotopic (exact) mass is 357 g/mol. The van der Waals surface area contributed by atoms with Gasteiger partial charge in [-0.05, 0) is 42.1 Å². The van der Waals surface area contributed by atoms with Crippen LogP contribution in [0.3, 0.4) is 0 Å². The Bertz CT molecular complexity index is 533. The fraction of sp³-hybridized carbons (Fsp3) is 0.571. The highest BCUT2D eigenvalue weighted by atomic mass is 79.9. The lowest BCUT2D eigenvalue weighted by Gasteiger charge is -2.41. The van der Waals surface area contributed by atoms with E-state index in [9.17, 15) is 5.11 Å². The molecule has 1 aliphatic carbocycles. The molecule has 0 spiro atoms. The van der Waals surface area contributed by atoms with Gasteiger partial charge in [0, 0.05) is 22.1 Å². The number of nitrogens with one attached hydrogen (secondary N) is 1. The minimum absolute atomic E-state index is 0.171. The van der Waals surface area contributed by atoms with Gasteiger partial charge in [-0.3, -0.25) is 0 Å². The van der Waals surface area contributed by atoms with Gasteiger partial charge in [-0.2, -0.15) is 4.98 Å². The predicted molar refractivity (Wildman–Crippen MR) is 84.0 cm³/mol. The van der Waals surface area contributed by atoms with Crippen LogP contribution in [0.15, 0.2) is 6.20 Å². The Balaban J connectivity index is 2.34. The number of halogens is 2. The first-order valence-electron chi connectivity index (χ1n) is 6.68. The van der Waals surface area contributed by atoms with Crippen molar-refractivity contribution in [3.8, 4) is 10.8 Å². The molecule has 20 heavy (non-hydrogen) atoms. The third-order valence-corrected chi connectivity index (χ3v) is 4.23. The summed E-state index contributed by atoms with van der Waals surface area (Å²) < 4.78 is 0. The largest absolute Gasteiger partial charge is 0.391 e. The molecular formula is C14H17BrClN3O. The average molecular weight is 359 g/mol. The third-order valence-electron chi connectivity index (χ3n) is 3.85. The highest BCUT2D eigenvalue weighted by molar-refractivity contribution is 9.12. The van der Waals surface area contributed by atoms with Crippen molar-refractivity contribution in [1.82, 2.24) is 9.97 Å². The molecule has 0 saturated heterocycles. The molecule has 1 fully saturated rings. The average Bonchev–Trinajstić information content (AvgIpc) is 2.43. The number of aliphatic hydroxyl groups is 1. The van der Waals surface area contributed by atoms with E-state index in [0.717, 1.165) is 25.7 Å². The number of aromatic nitrogens is 2. The second-order valence-electron chi connectivity index (χ2n) is 5.14. The van der Waals surface area contributed by atoms with Crippen LogP contribution in [0.4, 0.5) is 5.82 Å². The highest BCUT2D eigenvalue weighted by Crippen LogP contribution is 2.34. The Morgan fingerprint density at radius 3 is 2.75 bits per heavy atom. The van der Waals surface area contributed by atoms with Crippen LogP contribution in [0.1, 0.15) is 44.6 Å². The van der Waals surface area contributed by atoms with Crippen molar-refractivity contribution >= 4 is 33.3 Å². The summed E-state index contributed by atoms with van der Waals surface area (Å²) >= 11 is 8.95. The molecule has 0 aliphatic heterocycles. The predicted octanol–water partition coefficient (Wildman–Crippen LogP) is 3.33. The first kappa shape index (κ1) is 15.6. The van der Waals surface area contributed by atoms with Crippen LogP contribution >= 0.6 is 27.5 Å². The molecule has 1 unspecified atom stereocenters. The molecule has 1 heterocycles. The molecule has 1 atom stereocenters. The van der Waals surface area contributed by atoms with E-state index in [1.165, 1.54) is 6.42 Å². The van der Waals surface area contributed by atoms with E-state index in [2.05, 4.69) is 42.0 Å². The molecule has 108 valence electrons. The van der Waals surface area contributed by atoms with E-state index in [1.807, 2.05) is 6.92 Å². The van der Waals surface area contributed by atoms with E-state index in [4.69, 9.17) is 11.6 Å². The molecular weight excluding hydrogens is 342 g/mol. The van der Waals surface area contributed by atoms with E-state index < -0.39 is 6.10 Å². The molecule has 1 aromatic heterocycles. The van der Waals surface area contributed by atoms with Crippen molar-refractivity contribution in [2.24, 2.45) is 0 Å². The SMILES string of the molecule is CC(O)C1(Nc2nc(Cl)ncc2C#CBr)CCCCC1. The molecule has 1 aliphatic rings. The van der Waals surface area contributed by atoms with Crippen molar-refractivity contribution in [1.29, 1.82) is 0 Å². The first-order chi connectivity index (χ1) is 9.57. The minimum Gasteiger partial charge on any atom is -0.391 e. The fourth-order valence-corrected chi connectivity index (χ4v) is 3.01. The topological polar surface area (TPSA) is 58.0 Å². The summed E-state index contributed by atoms with van der Waals surface area (Å²) in [6.45, 7) is 1.82. The third kappa shape index (κ3) is 3.43. The van der Waals surface area contributed by atoms with Crippen molar-refractivity contribution in [3.05, 3.63) is 17.0 Å². The molecule has 0 radical (unpaired) electrons. The lowest BCUT2D eigenvalue weighted by Crippen LogP contribution is -2.49. The quantitative estimate of drug-likeness (QED) is 0.643. The summed E-state index contributed by atoms with van der Waals surface area (Å²) in [4.78, 5) is 10.8. The standard InChI is InChI=1S/C14H17BrClN3O/c1-10(20)14(6-3-2-4-7-14)19-12-11(5-8-15)9-17-13(16)18-12/h9-10,20H,2-4,6-7H2,1H3,(H,17,18,19). The Morgan fingerprint density at radius 1 is 1.45 bits per heavy atom. The van der Waals surface area contributed by atoms with Crippen molar-refractivity contribution in [2.45, 2.75) is 50.7 Å². The van der Waals surface area contributed by atoms with Gasteiger partial charge < -0.3 is 10.4 Å². The zero-order chi connectivity index (χ0) is 14.6. The van der Waals surface area contributed by atoms with Gasteiger partial charge in [-0.25, -0.2) is 4.98 Å². The number of hydrogen-bond acceptors (Lipinski definition) is 4. The summed E-state index contributed by atoms with van der Waals surface area (Å²) in [7, 11) is 0. The van der Waals surface area contributed by atoms with Crippen LogP contribution < -0.4 is 5.32 Å². The summed E-state index contributed by atoms with van der Waals surface area (Å²) in [5, 5.41) is 13.7. The Labute approximate surface area is 132 Å². The molecule has 4 nitrogen and oxygen atoms in total. The summed E-state index contributed by atoms with van der Waals surface area (Å²) in [6, 6.07) is 0. The van der Waals surface area contributed by atoms with Crippen LogP contribution in [0.25, 0.3) is 0 Å². The fourth-order valence-electron chi connectivity index (χ4n) is 2.66. The van der Waals surface area contributed by atoms with Crippen molar-refractivity contribution < 1.29 is 5.11 Å². The first-order valence-corrected chi connectivity index (χ1v) is 7.85. The maximum absolute atomic E-state index is 10.2. The van der Waals surface area contributed by atoms with Gasteiger partial charge in [0.1, 0.15) is 5.82 Å². The molecule has 2 N–H and O–H groups in total. The van der Waals surface area contributed by atoms with Crippen LogP contribution in [-0.4, -0.2) is 26.7 Å². The molecule has 1 aromatic rings. The summed E-state index contributed by atoms with van der Waals surface area (Å²) in [5.41, 5.74) is 0.301. The second-order valence-corrected chi connectivity index (χ2v) is 5.87. The Morgan fingerprint density at radius 2 is 2.15 bits per heavy atom. The Hall–Kier alpha value is -0.830. The minimum atomic E-state index is -0.471. The molecule has 2 rings (SSSR count). The lowest BCUT2D eigenvalue weighted by atomic mass is 9.78. The Kier molecular flexibility index (Phi) is 5.25. The van der Waals surface area contributed by atoms with Crippen LogP contribution in [-0.2, 0) is 0 Å². The maximum Gasteiger partial charge on any atom is 0.224 e. The smallest absolute Gasteiger partial charge is 0.224 e. The van der Waals surface area contributed by atoms with Crippen LogP contribution in [0.2, 0.25) is 5.28 Å². The number of nitrogens with zero attached hydrogens (tertiary/aromatic N) is 2.